The summed E-state index contributed by atoms with van der Waals surface area (Å²) in [5, 5.41) is 0. The normalized spacial score (nSPS) is 18.7. The van der Waals surface area contributed by atoms with Crippen LogP contribution in [0.4, 0.5) is 0 Å². The number of aromatic nitrogens is 2. The van der Waals surface area contributed by atoms with Crippen LogP contribution in [0.2, 0.25) is 0 Å². The second-order valence-corrected chi connectivity index (χ2v) is 6.53. The SMILES string of the molecule is CC(C)(C)CN1CCC(n2c[c]nc2C(N)=O)CC1. The number of nitrogens with zero attached hydrogens (tertiary/aromatic N) is 3. The van der Waals surface area contributed by atoms with Gasteiger partial charge in [-0.1, -0.05) is 20.8 Å². The number of likely N-dealkylation sites (tertiary alicyclic amines) is 1. The monoisotopic (exact) mass is 263 g/mol. The van der Waals surface area contributed by atoms with Crippen molar-refractivity contribution in [3.8, 4) is 0 Å². The lowest BCUT2D eigenvalue weighted by Crippen LogP contribution is -2.40. The van der Waals surface area contributed by atoms with Crippen molar-refractivity contribution in [2.24, 2.45) is 11.1 Å². The molecule has 1 saturated heterocycles. The Morgan fingerprint density at radius 3 is 2.63 bits per heavy atom. The first kappa shape index (κ1) is 14.1. The summed E-state index contributed by atoms with van der Waals surface area (Å²) in [6, 6.07) is 0.317. The Hall–Kier alpha value is -1.36. The summed E-state index contributed by atoms with van der Waals surface area (Å²) < 4.78 is 1.89. The number of rotatable bonds is 3. The van der Waals surface area contributed by atoms with E-state index in [-0.39, 0.29) is 0 Å². The average Bonchev–Trinajstić information content (AvgIpc) is 2.76. The fraction of sp³-hybridized carbons (Fsp3) is 0.714. The topological polar surface area (TPSA) is 64.2 Å². The highest BCUT2D eigenvalue weighted by Crippen LogP contribution is 2.26. The highest BCUT2D eigenvalue weighted by atomic mass is 16.1. The molecule has 2 N–H and O–H groups in total. The summed E-state index contributed by atoms with van der Waals surface area (Å²) >= 11 is 0. The molecule has 0 aromatic carbocycles. The molecule has 105 valence electrons. The third-order valence-corrected chi connectivity index (χ3v) is 3.48. The van der Waals surface area contributed by atoms with Crippen LogP contribution in [-0.4, -0.2) is 40.0 Å². The van der Waals surface area contributed by atoms with Gasteiger partial charge in [0.1, 0.15) is 6.20 Å². The summed E-state index contributed by atoms with van der Waals surface area (Å²) in [7, 11) is 0. The molecule has 2 heterocycles. The molecule has 1 fully saturated rings. The van der Waals surface area contributed by atoms with E-state index in [1.165, 1.54) is 0 Å². The molecule has 1 aliphatic rings. The van der Waals surface area contributed by atoms with Crippen molar-refractivity contribution in [2.75, 3.05) is 19.6 Å². The molecular weight excluding hydrogens is 240 g/mol. The van der Waals surface area contributed by atoms with Crippen molar-refractivity contribution in [1.29, 1.82) is 0 Å². The van der Waals surface area contributed by atoms with Gasteiger partial charge < -0.3 is 15.2 Å². The lowest BCUT2D eigenvalue weighted by atomic mass is 9.94. The number of piperidine rings is 1. The first-order chi connectivity index (χ1) is 8.87. The summed E-state index contributed by atoms with van der Waals surface area (Å²) in [5.74, 6) is -0.146. The Balaban J connectivity index is 1.96. The molecule has 5 heteroatoms. The maximum Gasteiger partial charge on any atom is 0.284 e. The minimum absolute atomic E-state index is 0.317. The van der Waals surface area contributed by atoms with Gasteiger partial charge in [-0.3, -0.25) is 4.79 Å². The molecule has 0 atom stereocenters. The highest BCUT2D eigenvalue weighted by Gasteiger charge is 2.25. The maximum absolute atomic E-state index is 11.3. The maximum atomic E-state index is 11.3. The first-order valence-corrected chi connectivity index (χ1v) is 6.84. The Morgan fingerprint density at radius 2 is 2.11 bits per heavy atom. The Labute approximate surface area is 114 Å². The van der Waals surface area contributed by atoms with Gasteiger partial charge >= 0.3 is 0 Å². The minimum Gasteiger partial charge on any atom is -0.363 e. The zero-order chi connectivity index (χ0) is 14.0. The van der Waals surface area contributed by atoms with Crippen LogP contribution < -0.4 is 5.73 Å². The van der Waals surface area contributed by atoms with Gasteiger partial charge in [0.15, 0.2) is 5.82 Å². The van der Waals surface area contributed by atoms with Crippen molar-refractivity contribution in [1.82, 2.24) is 14.5 Å². The average molecular weight is 263 g/mol. The number of hydrogen-bond acceptors (Lipinski definition) is 3. The van der Waals surface area contributed by atoms with Gasteiger partial charge in [-0.25, -0.2) is 4.98 Å². The van der Waals surface area contributed by atoms with E-state index in [1.54, 1.807) is 6.20 Å². The standard InChI is InChI=1S/C14H23N4O/c1-14(2,3)10-17-7-4-11(5-8-17)18-9-6-16-13(18)12(15)19/h9,11H,4-5,7-8,10H2,1-3H3,(H2,15,19). The quantitative estimate of drug-likeness (QED) is 0.898. The molecule has 1 aromatic heterocycles. The summed E-state index contributed by atoms with van der Waals surface area (Å²) in [4.78, 5) is 17.7. The fourth-order valence-electron chi connectivity index (χ4n) is 2.76. The van der Waals surface area contributed by atoms with E-state index >= 15 is 0 Å². The van der Waals surface area contributed by atoms with Gasteiger partial charge in [0.2, 0.25) is 0 Å². The fourth-order valence-corrected chi connectivity index (χ4v) is 2.76. The number of carbonyl (C=O) groups is 1. The molecule has 0 spiro atoms. The van der Waals surface area contributed by atoms with E-state index in [1.807, 2.05) is 4.57 Å². The molecule has 19 heavy (non-hydrogen) atoms. The molecular formula is C14H23N4O. The zero-order valence-electron chi connectivity index (χ0n) is 12.0. The highest BCUT2D eigenvalue weighted by molar-refractivity contribution is 5.89. The van der Waals surface area contributed by atoms with Gasteiger partial charge in [-0.15, -0.1) is 0 Å². The largest absolute Gasteiger partial charge is 0.363 e. The molecule has 0 aliphatic carbocycles. The van der Waals surface area contributed by atoms with Crippen LogP contribution in [-0.2, 0) is 0 Å². The van der Waals surface area contributed by atoms with Crippen LogP contribution in [0.5, 0.6) is 0 Å². The van der Waals surface area contributed by atoms with E-state index < -0.39 is 5.91 Å². The van der Waals surface area contributed by atoms with E-state index in [9.17, 15) is 4.79 Å². The Kier molecular flexibility index (Phi) is 3.94. The van der Waals surface area contributed by atoms with Crippen LogP contribution in [0.15, 0.2) is 6.20 Å². The summed E-state index contributed by atoms with van der Waals surface area (Å²) in [5.41, 5.74) is 5.65. The first-order valence-electron chi connectivity index (χ1n) is 6.84. The Morgan fingerprint density at radius 1 is 1.47 bits per heavy atom. The minimum atomic E-state index is -0.474. The number of imidazole rings is 1. The lowest BCUT2D eigenvalue weighted by Gasteiger charge is -2.36. The Bertz CT molecular complexity index is 439. The third kappa shape index (κ3) is 3.56. The van der Waals surface area contributed by atoms with E-state index in [0.29, 0.717) is 17.3 Å². The molecule has 0 bridgehead atoms. The van der Waals surface area contributed by atoms with Gasteiger partial charge in [0.05, 0.1) is 0 Å². The van der Waals surface area contributed by atoms with Crippen LogP contribution >= 0.6 is 0 Å². The zero-order valence-corrected chi connectivity index (χ0v) is 12.0. The summed E-state index contributed by atoms with van der Waals surface area (Å²) in [6.45, 7) is 9.99. The van der Waals surface area contributed by atoms with Crippen molar-refractivity contribution in [3.63, 3.8) is 0 Å². The van der Waals surface area contributed by atoms with E-state index in [2.05, 4.69) is 36.9 Å². The van der Waals surface area contributed by atoms with E-state index in [0.717, 1.165) is 32.5 Å². The molecule has 1 amide bonds. The van der Waals surface area contributed by atoms with Crippen molar-refractivity contribution >= 4 is 5.91 Å². The summed E-state index contributed by atoms with van der Waals surface area (Å²) in [6.07, 6.45) is 6.52. The lowest BCUT2D eigenvalue weighted by molar-refractivity contribution is 0.0975. The van der Waals surface area contributed by atoms with E-state index in [4.69, 9.17) is 5.73 Å². The predicted octanol–water partition coefficient (Wildman–Crippen LogP) is 1.47. The van der Waals surface area contributed by atoms with Crippen molar-refractivity contribution in [2.45, 2.75) is 39.7 Å². The van der Waals surface area contributed by atoms with Gasteiger partial charge in [-0.2, -0.15) is 0 Å². The van der Waals surface area contributed by atoms with Gasteiger partial charge in [-0.05, 0) is 18.3 Å². The molecule has 5 nitrogen and oxygen atoms in total. The van der Waals surface area contributed by atoms with Gasteiger partial charge in [0, 0.05) is 31.9 Å². The number of nitrogens with two attached hydrogens (primary N) is 1. The number of carbonyl (C=O) groups excluding carboxylic acids is 1. The molecule has 1 aromatic rings. The second-order valence-electron chi connectivity index (χ2n) is 6.53. The van der Waals surface area contributed by atoms with Crippen LogP contribution in [0.1, 0.15) is 50.3 Å². The van der Waals surface area contributed by atoms with Crippen LogP contribution in [0.25, 0.3) is 0 Å². The second kappa shape index (κ2) is 5.33. The smallest absolute Gasteiger partial charge is 0.284 e. The third-order valence-electron chi connectivity index (χ3n) is 3.48. The van der Waals surface area contributed by atoms with Gasteiger partial charge in [0.25, 0.3) is 5.91 Å². The molecule has 0 saturated carbocycles. The van der Waals surface area contributed by atoms with Crippen molar-refractivity contribution in [3.05, 3.63) is 18.2 Å². The number of hydrogen-bond donors (Lipinski definition) is 1. The van der Waals surface area contributed by atoms with Crippen LogP contribution in [0.3, 0.4) is 0 Å². The number of amides is 1. The molecule has 0 unspecified atom stereocenters. The molecule has 1 aliphatic heterocycles. The molecule has 1 radical (unpaired) electrons. The number of primary amides is 1. The predicted molar refractivity (Wildman–Crippen MR) is 73.7 cm³/mol. The van der Waals surface area contributed by atoms with Crippen LogP contribution in [0, 0.1) is 11.6 Å². The van der Waals surface area contributed by atoms with Crippen molar-refractivity contribution < 1.29 is 4.79 Å². The molecule has 2 rings (SSSR count).